The molecule has 1 aliphatic heterocycles. The van der Waals surface area contributed by atoms with Crippen molar-refractivity contribution in [2.45, 2.75) is 20.4 Å². The number of carbonyl (C=O) groups excluding carboxylic acids is 1. The first kappa shape index (κ1) is 16.9. The third kappa shape index (κ3) is 2.76. The summed E-state index contributed by atoms with van der Waals surface area (Å²) in [6.45, 7) is 4.71. The molecule has 1 aromatic heterocycles. The lowest BCUT2D eigenvalue weighted by atomic mass is 10.1. The highest BCUT2D eigenvalue weighted by atomic mass is 16.5. The molecule has 5 nitrogen and oxygen atoms in total. The molecule has 0 spiro atoms. The lowest BCUT2D eigenvalue weighted by Gasteiger charge is -2.08. The van der Waals surface area contributed by atoms with Crippen LogP contribution in [0.25, 0.3) is 17.0 Å². The van der Waals surface area contributed by atoms with Gasteiger partial charge in [-0.15, -0.1) is 0 Å². The van der Waals surface area contributed by atoms with E-state index < -0.39 is 0 Å². The number of fused-ring (bicyclic) bond motifs is 2. The summed E-state index contributed by atoms with van der Waals surface area (Å²) >= 11 is 0. The number of nitriles is 1. The van der Waals surface area contributed by atoms with Crippen LogP contribution in [-0.2, 0) is 6.54 Å². The number of carbonyl (C=O) groups is 1. The van der Waals surface area contributed by atoms with Gasteiger partial charge >= 0.3 is 0 Å². The maximum atomic E-state index is 12.8. The third-order valence-corrected chi connectivity index (χ3v) is 4.78. The number of aryl methyl sites for hydroxylation is 1. The van der Waals surface area contributed by atoms with E-state index in [1.165, 1.54) is 0 Å². The summed E-state index contributed by atoms with van der Waals surface area (Å²) in [5, 5.41) is 9.78. The Bertz CT molecular complexity index is 1130. The Balaban J connectivity index is 1.75. The summed E-state index contributed by atoms with van der Waals surface area (Å²) in [5.41, 5.74) is 3.30. The van der Waals surface area contributed by atoms with Crippen LogP contribution in [-0.4, -0.2) is 17.0 Å². The molecule has 27 heavy (non-hydrogen) atoms. The van der Waals surface area contributed by atoms with Gasteiger partial charge in [-0.2, -0.15) is 5.26 Å². The number of rotatable bonds is 4. The van der Waals surface area contributed by atoms with Crippen LogP contribution in [0.5, 0.6) is 11.5 Å². The molecule has 0 bridgehead atoms. The minimum Gasteiger partial charge on any atom is -0.478 e. The van der Waals surface area contributed by atoms with Gasteiger partial charge in [0.2, 0.25) is 5.78 Å². The highest BCUT2D eigenvalue weighted by Gasteiger charge is 2.30. The molecule has 0 unspecified atom stereocenters. The monoisotopic (exact) mass is 358 g/mol. The first-order valence-corrected chi connectivity index (χ1v) is 8.79. The number of aromatic nitrogens is 1. The fourth-order valence-corrected chi connectivity index (χ4v) is 3.43. The maximum Gasteiger partial charge on any atom is 0.231 e. The van der Waals surface area contributed by atoms with Crippen molar-refractivity contribution in [2.75, 3.05) is 6.61 Å². The van der Waals surface area contributed by atoms with Crippen LogP contribution in [0.2, 0.25) is 0 Å². The van der Waals surface area contributed by atoms with Crippen molar-refractivity contribution in [1.82, 2.24) is 4.57 Å². The molecular formula is C22H18N2O3. The Kier molecular flexibility index (Phi) is 4.17. The average Bonchev–Trinajstić information content (AvgIpc) is 3.20. The number of hydrogen-bond donors (Lipinski definition) is 0. The predicted molar refractivity (Wildman–Crippen MR) is 103 cm³/mol. The van der Waals surface area contributed by atoms with E-state index in [0.717, 1.165) is 28.6 Å². The summed E-state index contributed by atoms with van der Waals surface area (Å²) in [7, 11) is 0. The van der Waals surface area contributed by atoms with E-state index in [-0.39, 0.29) is 12.4 Å². The van der Waals surface area contributed by atoms with Gasteiger partial charge in [-0.25, -0.2) is 0 Å². The number of Topliss-reactive ketones (excluding diaryl/α,β-unsaturated/α-hetero) is 1. The number of hydrogen-bond acceptors (Lipinski definition) is 4. The van der Waals surface area contributed by atoms with Crippen LogP contribution in [0.3, 0.4) is 0 Å². The smallest absolute Gasteiger partial charge is 0.231 e. The standard InChI is InChI=1S/C22H18N2O3/c1-3-24-13-15(16-6-4-5-7-18(16)24)12-20-21(25)17-8-9-19(26-11-10-23)14(2)22(17)27-20/h4-9,12-13H,3,11H2,1-2H3. The van der Waals surface area contributed by atoms with Gasteiger partial charge in [0.1, 0.15) is 17.6 Å². The van der Waals surface area contributed by atoms with E-state index in [1.807, 2.05) is 37.4 Å². The number of allylic oxidation sites excluding steroid dienone is 1. The van der Waals surface area contributed by atoms with E-state index in [0.29, 0.717) is 22.8 Å². The van der Waals surface area contributed by atoms with E-state index in [2.05, 4.69) is 17.6 Å². The van der Waals surface area contributed by atoms with Crippen LogP contribution >= 0.6 is 0 Å². The van der Waals surface area contributed by atoms with E-state index in [4.69, 9.17) is 14.7 Å². The van der Waals surface area contributed by atoms with Crippen LogP contribution in [0.4, 0.5) is 0 Å². The molecule has 3 aromatic rings. The second-order valence-corrected chi connectivity index (χ2v) is 6.34. The van der Waals surface area contributed by atoms with Gasteiger partial charge in [-0.1, -0.05) is 18.2 Å². The Morgan fingerprint density at radius 3 is 2.85 bits per heavy atom. The highest BCUT2D eigenvalue weighted by Crippen LogP contribution is 2.39. The topological polar surface area (TPSA) is 64.2 Å². The Morgan fingerprint density at radius 2 is 2.07 bits per heavy atom. The zero-order valence-corrected chi connectivity index (χ0v) is 15.2. The number of ether oxygens (including phenoxy) is 2. The summed E-state index contributed by atoms with van der Waals surface area (Å²) in [6.07, 6.45) is 3.83. The number of nitrogens with zero attached hydrogens (tertiary/aromatic N) is 2. The summed E-state index contributed by atoms with van der Waals surface area (Å²) in [6, 6.07) is 13.4. The SMILES string of the molecule is CCn1cc(C=C2Oc3c(ccc(OCC#N)c3C)C2=O)c2ccccc21. The van der Waals surface area contributed by atoms with Crippen molar-refractivity contribution >= 4 is 22.8 Å². The molecule has 134 valence electrons. The number of benzene rings is 2. The molecule has 4 rings (SSSR count). The molecule has 0 aliphatic carbocycles. The summed E-state index contributed by atoms with van der Waals surface area (Å²) in [4.78, 5) is 12.8. The normalized spacial score (nSPS) is 14.3. The number of para-hydroxylation sites is 1. The fourth-order valence-electron chi connectivity index (χ4n) is 3.43. The first-order chi connectivity index (χ1) is 13.1. The van der Waals surface area contributed by atoms with Crippen molar-refractivity contribution in [2.24, 2.45) is 0 Å². The summed E-state index contributed by atoms with van der Waals surface area (Å²) in [5.74, 6) is 1.20. The second-order valence-electron chi connectivity index (χ2n) is 6.34. The van der Waals surface area contributed by atoms with Crippen molar-refractivity contribution < 1.29 is 14.3 Å². The molecule has 0 atom stereocenters. The predicted octanol–water partition coefficient (Wildman–Crippen LogP) is 4.49. The molecule has 0 N–H and O–H groups in total. The highest BCUT2D eigenvalue weighted by molar-refractivity contribution is 6.15. The van der Waals surface area contributed by atoms with E-state index in [1.54, 1.807) is 18.2 Å². The molecule has 0 saturated heterocycles. The molecular weight excluding hydrogens is 340 g/mol. The molecule has 0 amide bonds. The minimum absolute atomic E-state index is 0.0488. The zero-order chi connectivity index (χ0) is 19.0. The molecule has 2 aromatic carbocycles. The van der Waals surface area contributed by atoms with Crippen molar-refractivity contribution in [3.8, 4) is 17.6 Å². The quantitative estimate of drug-likeness (QED) is 0.645. The molecule has 2 heterocycles. The van der Waals surface area contributed by atoms with Gasteiger partial charge in [0.15, 0.2) is 12.4 Å². The Labute approximate surface area is 157 Å². The third-order valence-electron chi connectivity index (χ3n) is 4.78. The molecule has 0 fully saturated rings. The Morgan fingerprint density at radius 1 is 1.26 bits per heavy atom. The maximum absolute atomic E-state index is 12.8. The molecule has 0 radical (unpaired) electrons. The van der Waals surface area contributed by atoms with Crippen LogP contribution in [0.15, 0.2) is 48.4 Å². The number of ketones is 1. The van der Waals surface area contributed by atoms with Crippen molar-refractivity contribution in [3.63, 3.8) is 0 Å². The van der Waals surface area contributed by atoms with E-state index in [9.17, 15) is 4.79 Å². The fraction of sp³-hybridized carbons (Fsp3) is 0.182. The zero-order valence-electron chi connectivity index (χ0n) is 15.2. The van der Waals surface area contributed by atoms with Gasteiger partial charge in [-0.3, -0.25) is 4.79 Å². The summed E-state index contributed by atoms with van der Waals surface area (Å²) < 4.78 is 13.5. The molecule has 0 saturated carbocycles. The van der Waals surface area contributed by atoms with Crippen molar-refractivity contribution in [3.05, 3.63) is 65.0 Å². The lowest BCUT2D eigenvalue weighted by molar-refractivity contribution is 0.101. The van der Waals surface area contributed by atoms with Gasteiger partial charge in [0.05, 0.1) is 5.56 Å². The van der Waals surface area contributed by atoms with Gasteiger partial charge in [0, 0.05) is 34.8 Å². The second kappa shape index (κ2) is 6.65. The largest absolute Gasteiger partial charge is 0.478 e. The van der Waals surface area contributed by atoms with E-state index >= 15 is 0 Å². The van der Waals surface area contributed by atoms with Gasteiger partial charge in [0.25, 0.3) is 0 Å². The van der Waals surface area contributed by atoms with Gasteiger partial charge in [-0.05, 0) is 38.1 Å². The van der Waals surface area contributed by atoms with Crippen LogP contribution in [0.1, 0.15) is 28.4 Å². The first-order valence-electron chi connectivity index (χ1n) is 8.79. The van der Waals surface area contributed by atoms with Crippen LogP contribution in [0, 0.1) is 18.3 Å². The average molecular weight is 358 g/mol. The lowest BCUT2D eigenvalue weighted by Crippen LogP contribution is -1.98. The molecule has 1 aliphatic rings. The molecule has 5 heteroatoms. The van der Waals surface area contributed by atoms with Crippen LogP contribution < -0.4 is 9.47 Å². The Hall–Kier alpha value is -3.52. The van der Waals surface area contributed by atoms with Gasteiger partial charge < -0.3 is 14.0 Å². The minimum atomic E-state index is -0.145. The van der Waals surface area contributed by atoms with Crippen molar-refractivity contribution in [1.29, 1.82) is 5.26 Å².